The summed E-state index contributed by atoms with van der Waals surface area (Å²) in [6, 6.07) is -0.845. The van der Waals surface area contributed by atoms with Crippen molar-refractivity contribution < 1.29 is 63.5 Å². The van der Waals surface area contributed by atoms with E-state index in [2.05, 4.69) is 10.3 Å². The predicted molar refractivity (Wildman–Crippen MR) is 71.6 cm³/mol. The summed E-state index contributed by atoms with van der Waals surface area (Å²) in [5.41, 5.74) is -1.15. The van der Waals surface area contributed by atoms with Crippen LogP contribution in [0.15, 0.2) is 4.99 Å². The topological polar surface area (TPSA) is 159 Å². The van der Waals surface area contributed by atoms with E-state index in [-0.39, 0.29) is 35.5 Å². The molecule has 0 aromatic heterocycles. The van der Waals surface area contributed by atoms with Crippen molar-refractivity contribution in [2.45, 2.75) is 40.0 Å². The van der Waals surface area contributed by atoms with Crippen molar-refractivity contribution in [3.8, 4) is 0 Å². The third-order valence-corrected chi connectivity index (χ3v) is 3.33. The van der Waals surface area contributed by atoms with Crippen molar-refractivity contribution in [2.75, 3.05) is 0 Å². The quantitative estimate of drug-likeness (QED) is 0.231. The standard InChI is InChI=1S/C11H18N2O3.Na.H3O4P/c1-4-6-7(3)11(5-2)8(14)12-10(16)13-9(11)15;;1-5(2,3)4/h7H,4-6H2,1-3H3,(H2,12,13,14,15,16);;(H3,1,2,3,4)/q;+1;/p-1. The number of hydrogen-bond donors (Lipinski definition) is 4. The summed E-state index contributed by atoms with van der Waals surface area (Å²) in [5, 5.41) is 13.1. The fourth-order valence-electron chi connectivity index (χ4n) is 2.30. The number of amidine groups is 1. The zero-order valence-corrected chi connectivity index (χ0v) is 16.0. The number of nitrogens with zero attached hydrogens (tertiary/aromatic N) is 1. The molecule has 1 aliphatic rings. The second-order valence-corrected chi connectivity index (χ2v) is 5.73. The van der Waals surface area contributed by atoms with Gasteiger partial charge in [0.05, 0.1) is 6.02 Å². The Kier molecular flexibility index (Phi) is 10.6. The van der Waals surface area contributed by atoms with Crippen LogP contribution in [0.5, 0.6) is 0 Å². The van der Waals surface area contributed by atoms with E-state index in [4.69, 9.17) is 19.2 Å². The van der Waals surface area contributed by atoms with Gasteiger partial charge in [-0.3, -0.25) is 9.59 Å². The molecule has 0 bridgehead atoms. The first-order valence-electron chi connectivity index (χ1n) is 6.38. The Morgan fingerprint density at radius 2 is 1.77 bits per heavy atom. The maximum absolute atomic E-state index is 11.9. The molecule has 11 heteroatoms. The Bertz CT molecular complexity index is 471. The summed E-state index contributed by atoms with van der Waals surface area (Å²) >= 11 is 0. The molecule has 1 rings (SSSR count). The van der Waals surface area contributed by atoms with Gasteiger partial charge >= 0.3 is 37.4 Å². The van der Waals surface area contributed by atoms with Crippen molar-refractivity contribution in [2.24, 2.45) is 16.3 Å². The number of carbonyl (C=O) groups is 2. The summed E-state index contributed by atoms with van der Waals surface area (Å²) in [6.07, 6.45) is 2.02. The Morgan fingerprint density at radius 1 is 1.32 bits per heavy atom. The minimum Gasteiger partial charge on any atom is -0.846 e. The van der Waals surface area contributed by atoms with Gasteiger partial charge in [-0.05, 0) is 18.8 Å². The number of amides is 2. The van der Waals surface area contributed by atoms with Crippen LogP contribution in [-0.4, -0.2) is 32.5 Å². The van der Waals surface area contributed by atoms with E-state index in [0.29, 0.717) is 6.42 Å². The molecular formula is C11H20N2NaO7P. The van der Waals surface area contributed by atoms with E-state index >= 15 is 0 Å². The summed E-state index contributed by atoms with van der Waals surface area (Å²) in [7, 11) is -4.64. The predicted octanol–water partition coefficient (Wildman–Crippen LogP) is -3.73. The van der Waals surface area contributed by atoms with Crippen molar-refractivity contribution in [3.63, 3.8) is 0 Å². The third-order valence-electron chi connectivity index (χ3n) is 3.33. The van der Waals surface area contributed by atoms with Gasteiger partial charge in [0.1, 0.15) is 5.41 Å². The van der Waals surface area contributed by atoms with Crippen LogP contribution in [0.4, 0.5) is 0 Å². The zero-order chi connectivity index (χ0) is 16.8. The van der Waals surface area contributed by atoms with Crippen LogP contribution in [0.3, 0.4) is 0 Å². The van der Waals surface area contributed by atoms with Crippen LogP contribution in [-0.2, 0) is 14.2 Å². The maximum atomic E-state index is 11.9. The van der Waals surface area contributed by atoms with Crippen LogP contribution in [0.25, 0.3) is 0 Å². The Morgan fingerprint density at radius 3 is 2.09 bits per heavy atom. The number of rotatable bonds is 4. The number of aliphatic imine (C=N–C) groups is 1. The van der Waals surface area contributed by atoms with E-state index in [1.165, 1.54) is 0 Å². The van der Waals surface area contributed by atoms with Gasteiger partial charge in [0.25, 0.3) is 5.91 Å². The zero-order valence-electron chi connectivity index (χ0n) is 13.1. The van der Waals surface area contributed by atoms with Crippen LogP contribution >= 0.6 is 7.82 Å². The molecule has 2 atom stereocenters. The number of phosphoric acid groups is 1. The van der Waals surface area contributed by atoms with Crippen LogP contribution < -0.4 is 40.0 Å². The summed E-state index contributed by atoms with van der Waals surface area (Å²) in [6.45, 7) is 5.62. The molecule has 9 nitrogen and oxygen atoms in total. The molecule has 0 fully saturated rings. The van der Waals surface area contributed by atoms with Gasteiger partial charge in [-0.25, -0.2) is 9.56 Å². The fourth-order valence-corrected chi connectivity index (χ4v) is 2.30. The number of nitrogens with one attached hydrogen (secondary N) is 1. The van der Waals surface area contributed by atoms with Crippen LogP contribution in [0, 0.1) is 11.3 Å². The molecular weight excluding hydrogens is 326 g/mol. The molecule has 0 aliphatic carbocycles. The van der Waals surface area contributed by atoms with Crippen molar-refractivity contribution >= 4 is 25.7 Å². The molecule has 0 spiro atoms. The first-order valence-corrected chi connectivity index (χ1v) is 7.95. The van der Waals surface area contributed by atoms with Gasteiger partial charge in [-0.15, -0.1) is 0 Å². The molecule has 0 saturated carbocycles. The van der Waals surface area contributed by atoms with Crippen molar-refractivity contribution in [1.29, 1.82) is 0 Å². The minimum absolute atomic E-state index is 0. The molecule has 0 aromatic rings. The second kappa shape index (κ2) is 9.77. The molecule has 4 N–H and O–H groups in total. The first kappa shape index (κ1) is 24.0. The summed E-state index contributed by atoms with van der Waals surface area (Å²) < 4.78 is 8.88. The van der Waals surface area contributed by atoms with E-state index in [0.717, 1.165) is 12.8 Å². The van der Waals surface area contributed by atoms with Crippen LogP contribution in [0.2, 0.25) is 0 Å². The second-order valence-electron chi connectivity index (χ2n) is 4.70. The van der Waals surface area contributed by atoms with Gasteiger partial charge in [-0.1, -0.05) is 27.2 Å². The molecule has 22 heavy (non-hydrogen) atoms. The number of hydrogen-bond acceptors (Lipinski definition) is 4. The molecule has 0 radical (unpaired) electrons. The molecule has 0 saturated heterocycles. The maximum Gasteiger partial charge on any atom is 1.00 e. The average Bonchev–Trinajstić information content (AvgIpc) is 2.26. The molecule has 1 aliphatic heterocycles. The smallest absolute Gasteiger partial charge is 0.846 e. The summed E-state index contributed by atoms with van der Waals surface area (Å²) in [5.74, 6) is -1.20. The van der Waals surface area contributed by atoms with E-state index in [1.807, 2.05) is 13.8 Å². The van der Waals surface area contributed by atoms with E-state index in [1.54, 1.807) is 6.92 Å². The Labute approximate surface area is 150 Å². The molecule has 2 unspecified atom stereocenters. The first-order chi connectivity index (χ1) is 9.48. The van der Waals surface area contributed by atoms with Gasteiger partial charge in [0.2, 0.25) is 5.91 Å². The minimum atomic E-state index is -4.64. The Hall–Kier alpha value is -0.280. The number of carbonyl (C=O) groups excluding carboxylic acids is 2. The van der Waals surface area contributed by atoms with Gasteiger partial charge < -0.3 is 25.1 Å². The Balaban J connectivity index is 0. The van der Waals surface area contributed by atoms with E-state index in [9.17, 15) is 14.7 Å². The average molecular weight is 346 g/mol. The van der Waals surface area contributed by atoms with Gasteiger partial charge in [0.15, 0.2) is 0 Å². The summed E-state index contributed by atoms with van der Waals surface area (Å²) in [4.78, 5) is 48.6. The fraction of sp³-hybridized carbons (Fsp3) is 0.727. The van der Waals surface area contributed by atoms with E-state index < -0.39 is 31.1 Å². The largest absolute Gasteiger partial charge is 1.00 e. The van der Waals surface area contributed by atoms with Crippen LogP contribution in [0.1, 0.15) is 40.0 Å². The van der Waals surface area contributed by atoms with Crippen molar-refractivity contribution in [3.05, 3.63) is 0 Å². The molecule has 2 amide bonds. The molecule has 1 heterocycles. The molecule has 0 aromatic carbocycles. The van der Waals surface area contributed by atoms with Gasteiger partial charge in [-0.2, -0.15) is 0 Å². The van der Waals surface area contributed by atoms with Crippen molar-refractivity contribution in [1.82, 2.24) is 5.32 Å². The monoisotopic (exact) mass is 346 g/mol. The SMILES string of the molecule is CCCC(C)C1(CC)C(=O)N=C([O-])NC1=O.O=P(O)(O)O.[Na+]. The third kappa shape index (κ3) is 6.87. The molecule has 122 valence electrons. The normalized spacial score (nSPS) is 22.5. The van der Waals surface area contributed by atoms with Gasteiger partial charge in [0, 0.05) is 0 Å².